The fraction of sp³-hybridized carbons (Fsp3) is 0.159. The predicted molar refractivity (Wildman–Crippen MR) is 424 cm³/mol. The average molecular weight is 1780 g/mol. The van der Waals surface area contributed by atoms with Crippen LogP contribution in [-0.4, -0.2) is 133 Å². The second-order valence-corrected chi connectivity index (χ2v) is 34.6. The molecule has 15 aromatic rings. The quantitative estimate of drug-likeness (QED) is 0.0480. The monoisotopic (exact) mass is 1780 g/mol. The molecule has 0 bridgehead atoms. The SMILES string of the molecule is C.COc1cccc(-c2cn(-c3c(F)ccc(CS(=O)(=O)CC4CC4)c3F)nn2)c1.COc1cccc(-c2cn(-c3c(F)ccc(CS(=O)(=O)c4c(F)cccc4F)c3F)nn2)c1.COc1cccc(-c2cn(-c3c(F)ccc(CS(=O)(=O)c4ccco4)c3F)nn2)c1.COc1cncc(-c2cn(-c3c(F)ccc(CS(=O)(=O)c4ccoc4)c3F)nn2)c1. The number of hydrogen-bond donors (Lipinski definition) is 0. The van der Waals surface area contributed by atoms with E-state index >= 15 is 17.6 Å². The number of benzene rings is 8. The lowest BCUT2D eigenvalue weighted by atomic mass is 10.1. The van der Waals surface area contributed by atoms with Crippen LogP contribution in [0.15, 0.2) is 243 Å². The second kappa shape index (κ2) is 37.5. The van der Waals surface area contributed by atoms with Gasteiger partial charge in [-0.3, -0.25) is 4.98 Å². The second-order valence-electron chi connectivity index (χ2n) is 26.7. The summed E-state index contributed by atoms with van der Waals surface area (Å²) in [6, 6.07) is 36.9. The summed E-state index contributed by atoms with van der Waals surface area (Å²) in [5.41, 5.74) is 0.527. The number of sulfone groups is 4. The van der Waals surface area contributed by atoms with Gasteiger partial charge in [-0.2, -0.15) is 0 Å². The Hall–Kier alpha value is -13.7. The number of aromatic nitrogens is 13. The van der Waals surface area contributed by atoms with Crippen LogP contribution < -0.4 is 18.9 Å². The van der Waals surface area contributed by atoms with Gasteiger partial charge >= 0.3 is 0 Å². The Morgan fingerprint density at radius 3 is 1.11 bits per heavy atom. The number of methoxy groups -OCH3 is 4. The molecule has 7 aromatic heterocycles. The van der Waals surface area contributed by atoms with Crippen molar-refractivity contribution in [3.8, 4) is 90.8 Å². The van der Waals surface area contributed by atoms with Gasteiger partial charge in [-0.05, 0) is 116 Å². The third kappa shape index (κ3) is 20.5. The number of furan rings is 2. The van der Waals surface area contributed by atoms with E-state index in [4.69, 9.17) is 27.8 Å². The van der Waals surface area contributed by atoms with E-state index in [0.29, 0.717) is 62.3 Å². The van der Waals surface area contributed by atoms with Crippen LogP contribution >= 0.6 is 0 Å². The van der Waals surface area contributed by atoms with Crippen molar-refractivity contribution in [2.75, 3.05) is 34.2 Å². The van der Waals surface area contributed by atoms with Gasteiger partial charge in [0.1, 0.15) is 96.2 Å². The molecule has 0 N–H and O–H groups in total. The molecule has 0 atom stereocenters. The summed E-state index contributed by atoms with van der Waals surface area (Å²) < 4.78 is 279. The maximum Gasteiger partial charge on any atom is 0.218 e. The highest BCUT2D eigenvalue weighted by Gasteiger charge is 2.33. The molecule has 0 amide bonds. The van der Waals surface area contributed by atoms with Gasteiger partial charge in [-0.1, -0.05) is 95.0 Å². The zero-order chi connectivity index (χ0) is 87.0. The maximum absolute atomic E-state index is 15.2. The van der Waals surface area contributed by atoms with E-state index in [-0.39, 0.29) is 51.5 Å². The maximum atomic E-state index is 15.2. The number of hydrogen-bond acceptors (Lipinski definition) is 23. The zero-order valence-electron chi connectivity index (χ0n) is 63.8. The lowest BCUT2D eigenvalue weighted by Gasteiger charge is -2.11. The Kier molecular flexibility index (Phi) is 27.0. The summed E-state index contributed by atoms with van der Waals surface area (Å²) in [6.07, 6.45) is 13.5. The molecule has 0 radical (unpaired) electrons. The first-order valence-corrected chi connectivity index (χ1v) is 42.5. The largest absolute Gasteiger partial charge is 0.497 e. The first-order chi connectivity index (χ1) is 58.3. The molecular formula is C82H67F10N13O14S4. The van der Waals surface area contributed by atoms with Gasteiger partial charge in [-0.25, -0.2) is 96.3 Å². The van der Waals surface area contributed by atoms with Crippen LogP contribution in [0.5, 0.6) is 23.0 Å². The molecule has 0 spiro atoms. The van der Waals surface area contributed by atoms with Gasteiger partial charge in [-0.15, -0.1) is 20.4 Å². The molecule has 0 aliphatic heterocycles. The van der Waals surface area contributed by atoms with Crippen molar-refractivity contribution in [3.63, 3.8) is 0 Å². The van der Waals surface area contributed by atoms with Gasteiger partial charge < -0.3 is 27.8 Å². The molecule has 16 rings (SSSR count). The van der Waals surface area contributed by atoms with Crippen LogP contribution in [0, 0.1) is 64.1 Å². The van der Waals surface area contributed by atoms with E-state index in [1.54, 1.807) is 78.9 Å². The van der Waals surface area contributed by atoms with Crippen molar-refractivity contribution >= 4 is 39.3 Å². The van der Waals surface area contributed by atoms with Crippen LogP contribution in [-0.2, 0) is 62.4 Å². The molecule has 7 heterocycles. The summed E-state index contributed by atoms with van der Waals surface area (Å²) in [6.45, 7) is 0. The first kappa shape index (κ1) is 88.6. The molecule has 1 saturated carbocycles. The number of halogens is 10. The van der Waals surface area contributed by atoms with Crippen molar-refractivity contribution in [2.45, 2.75) is 58.2 Å². The van der Waals surface area contributed by atoms with Crippen molar-refractivity contribution < 1.29 is 105 Å². The fourth-order valence-electron chi connectivity index (χ4n) is 12.1. The van der Waals surface area contributed by atoms with Gasteiger partial charge in [0, 0.05) is 50.7 Å². The van der Waals surface area contributed by atoms with Crippen molar-refractivity contribution in [1.29, 1.82) is 0 Å². The topological polar surface area (TPSA) is 335 Å². The minimum atomic E-state index is -4.63. The molecule has 1 aliphatic carbocycles. The van der Waals surface area contributed by atoms with E-state index < -0.39 is 154 Å². The zero-order valence-corrected chi connectivity index (χ0v) is 67.0. The molecule has 1 aliphatic rings. The highest BCUT2D eigenvalue weighted by Crippen LogP contribution is 2.36. The van der Waals surface area contributed by atoms with E-state index in [1.807, 2.05) is 0 Å². The summed E-state index contributed by atoms with van der Waals surface area (Å²) in [4.78, 5) is 2.72. The molecule has 27 nitrogen and oxygen atoms in total. The Balaban J connectivity index is 0.000000149. The van der Waals surface area contributed by atoms with Crippen LogP contribution in [0.4, 0.5) is 43.9 Å². The number of ether oxygens (including phenoxy) is 4. The Morgan fingerprint density at radius 1 is 0.382 bits per heavy atom. The summed E-state index contributed by atoms with van der Waals surface area (Å²) in [5.74, 6) is -11.2. The number of pyridine rings is 1. The molecule has 638 valence electrons. The lowest BCUT2D eigenvalue weighted by molar-refractivity contribution is 0.413. The third-order valence-corrected chi connectivity index (χ3v) is 24.9. The summed E-state index contributed by atoms with van der Waals surface area (Å²) in [7, 11) is -9.90. The molecule has 0 saturated heterocycles. The minimum Gasteiger partial charge on any atom is -0.497 e. The lowest BCUT2D eigenvalue weighted by Crippen LogP contribution is -2.13. The predicted octanol–water partition coefficient (Wildman–Crippen LogP) is 15.6. The minimum absolute atomic E-state index is 0. The first-order valence-electron chi connectivity index (χ1n) is 35.7. The van der Waals surface area contributed by atoms with E-state index in [1.165, 1.54) is 102 Å². The van der Waals surface area contributed by atoms with E-state index in [2.05, 4.69) is 46.2 Å². The highest BCUT2D eigenvalue weighted by atomic mass is 32.2. The van der Waals surface area contributed by atoms with Crippen LogP contribution in [0.2, 0.25) is 0 Å². The van der Waals surface area contributed by atoms with E-state index in [9.17, 15) is 60.0 Å². The standard InChI is InChI=1S/C22H15F4N3O3S.C20H15F2N3O4S.C20H19F2N3O3S.C19H14F2N4O4S.CH4/c1-32-15-5-2-4-13(10-15)19-11-29(28-27-19)21-16(23)9-8-14(20(21)26)12-33(30,31)22-17(24)6-3-7-18(22)25;1-28-15-5-2-4-13(10-15)17-11-25(24-23-17)20-16(21)8-7-14(19(20)22)12-30(26,27)18-6-3-9-29-18;1-28-16-4-2-3-14(9-16)18-10-25(24-23-18)20-17(21)8-7-15(19(20)22)12-29(26,27)11-13-5-6-13;1-28-14-6-13(7-22-8-14)17-9-25(24-23-17)19-16(20)3-2-12(18(19)21)11-30(26,27)15-4-5-29-10-15;/h2-11H,12H2,1H3;2-11H,12H2,1H3;2-4,7-10,13H,5-6,11-12H2,1H3;2-10H,11H2,1H3;1H4. The van der Waals surface area contributed by atoms with Gasteiger partial charge in [0.2, 0.25) is 14.9 Å². The average Bonchev–Trinajstić information content (AvgIpc) is 1.60. The van der Waals surface area contributed by atoms with E-state index in [0.717, 1.165) is 98.5 Å². The third-order valence-electron chi connectivity index (χ3n) is 18.3. The highest BCUT2D eigenvalue weighted by molar-refractivity contribution is 7.91. The van der Waals surface area contributed by atoms with Crippen LogP contribution in [0.3, 0.4) is 0 Å². The van der Waals surface area contributed by atoms with Gasteiger partial charge in [0.25, 0.3) is 0 Å². The Labute approximate surface area is 695 Å². The summed E-state index contributed by atoms with van der Waals surface area (Å²) >= 11 is 0. The fourth-order valence-corrected chi connectivity index (χ4v) is 18.0. The Bertz CT molecular complexity index is 6620. The Morgan fingerprint density at radius 2 is 0.748 bits per heavy atom. The van der Waals surface area contributed by atoms with Crippen molar-refractivity contribution in [1.82, 2.24) is 65.0 Å². The summed E-state index contributed by atoms with van der Waals surface area (Å²) in [5, 5.41) is 30.6. The van der Waals surface area contributed by atoms with Crippen molar-refractivity contribution in [3.05, 3.63) is 300 Å². The van der Waals surface area contributed by atoms with Crippen LogP contribution in [0.25, 0.3) is 67.8 Å². The molecule has 0 unspecified atom stereocenters. The molecule has 41 heteroatoms. The number of rotatable bonds is 25. The normalized spacial score (nSPS) is 12.1. The molecule has 1 fully saturated rings. The molecule has 8 aromatic carbocycles. The molecular weight excluding hydrogens is 1710 g/mol. The van der Waals surface area contributed by atoms with Crippen molar-refractivity contribution in [2.24, 2.45) is 5.92 Å². The smallest absolute Gasteiger partial charge is 0.218 e. The van der Waals surface area contributed by atoms with Crippen LogP contribution in [0.1, 0.15) is 42.5 Å². The van der Waals surface area contributed by atoms with Gasteiger partial charge in [0.15, 0.2) is 76.0 Å². The number of nitrogens with zero attached hydrogens (tertiary/aromatic N) is 13. The van der Waals surface area contributed by atoms with Gasteiger partial charge in [0.05, 0.1) is 101 Å². The molecule has 123 heavy (non-hydrogen) atoms.